The maximum Gasteiger partial charge on any atom is 0.225 e. The Kier molecular flexibility index (Phi) is 4.08. The van der Waals surface area contributed by atoms with Crippen LogP contribution in [-0.2, 0) is 11.3 Å². The minimum Gasteiger partial charge on any atom is -0.340 e. The number of amides is 1. The van der Waals surface area contributed by atoms with Gasteiger partial charge in [0.05, 0.1) is 12.2 Å². The second-order valence-corrected chi connectivity index (χ2v) is 7.14. The fraction of sp³-hybridized carbons (Fsp3) is 0.733. The van der Waals surface area contributed by atoms with E-state index in [2.05, 4.69) is 10.3 Å². The van der Waals surface area contributed by atoms with E-state index in [0.29, 0.717) is 0 Å². The van der Waals surface area contributed by atoms with Crippen LogP contribution in [0.5, 0.6) is 0 Å². The van der Waals surface area contributed by atoms with Crippen LogP contribution in [0, 0.1) is 5.92 Å². The quantitative estimate of drug-likeness (QED) is 0.855. The van der Waals surface area contributed by atoms with Crippen molar-refractivity contribution < 1.29 is 4.79 Å². The third kappa shape index (κ3) is 3.20. The van der Waals surface area contributed by atoms with Gasteiger partial charge in [-0.25, -0.2) is 4.98 Å². The van der Waals surface area contributed by atoms with Crippen LogP contribution < -0.4 is 0 Å². The highest BCUT2D eigenvalue weighted by molar-refractivity contribution is 7.09. The molecule has 1 saturated heterocycles. The number of hydrogen-bond acceptors (Lipinski definition) is 4. The number of carbonyl (C=O) groups is 1. The van der Waals surface area contributed by atoms with E-state index in [1.807, 2.05) is 18.7 Å². The van der Waals surface area contributed by atoms with Crippen LogP contribution in [0.2, 0.25) is 0 Å². The van der Waals surface area contributed by atoms with Gasteiger partial charge < -0.3 is 4.90 Å². The van der Waals surface area contributed by atoms with Gasteiger partial charge in [-0.2, -0.15) is 0 Å². The molecule has 0 radical (unpaired) electrons. The molecule has 1 aliphatic carbocycles. The number of rotatable bonds is 4. The number of aromatic nitrogens is 1. The molecule has 0 spiro atoms. The van der Waals surface area contributed by atoms with Gasteiger partial charge in [0.1, 0.15) is 5.01 Å². The van der Waals surface area contributed by atoms with Crippen molar-refractivity contribution in [3.63, 3.8) is 0 Å². The summed E-state index contributed by atoms with van der Waals surface area (Å²) in [5.41, 5.74) is 1.30. The normalized spacial score (nSPS) is 20.6. The molecular formula is C15H23N3OS. The fourth-order valence-electron chi connectivity index (χ4n) is 2.65. The summed E-state index contributed by atoms with van der Waals surface area (Å²) in [6.07, 6.45) is 2.64. The maximum absolute atomic E-state index is 11.9. The van der Waals surface area contributed by atoms with E-state index in [1.54, 1.807) is 11.3 Å². The van der Waals surface area contributed by atoms with E-state index in [-0.39, 0.29) is 11.8 Å². The summed E-state index contributed by atoms with van der Waals surface area (Å²) < 4.78 is 0. The Morgan fingerprint density at radius 3 is 2.65 bits per heavy atom. The van der Waals surface area contributed by atoms with Crippen LogP contribution in [0.4, 0.5) is 0 Å². The van der Waals surface area contributed by atoms with Gasteiger partial charge in [-0.15, -0.1) is 11.3 Å². The SMILES string of the molecule is CC(C)C(=O)N1CCN(Cc2nc(C3CC3)cs2)CC1. The molecule has 110 valence electrons. The average Bonchev–Trinajstić information content (AvgIpc) is 3.20. The van der Waals surface area contributed by atoms with Gasteiger partial charge >= 0.3 is 0 Å². The first-order chi connectivity index (χ1) is 9.63. The lowest BCUT2D eigenvalue weighted by Gasteiger charge is -2.35. The van der Waals surface area contributed by atoms with Gasteiger partial charge in [0.15, 0.2) is 0 Å². The standard InChI is InChI=1S/C15H23N3OS/c1-11(2)15(19)18-7-5-17(6-8-18)9-14-16-13(10-20-14)12-3-4-12/h10-12H,3-9H2,1-2H3. The van der Waals surface area contributed by atoms with E-state index in [0.717, 1.165) is 38.6 Å². The third-order valence-electron chi connectivity index (χ3n) is 4.10. The van der Waals surface area contributed by atoms with Crippen molar-refractivity contribution in [1.29, 1.82) is 0 Å². The molecule has 3 rings (SSSR count). The molecule has 1 aliphatic heterocycles. The predicted molar refractivity (Wildman–Crippen MR) is 80.8 cm³/mol. The molecule has 2 heterocycles. The molecule has 1 saturated carbocycles. The molecule has 2 aliphatic rings. The molecule has 0 unspecified atom stereocenters. The topological polar surface area (TPSA) is 36.4 Å². The van der Waals surface area contributed by atoms with Crippen molar-refractivity contribution in [2.24, 2.45) is 5.92 Å². The first kappa shape index (κ1) is 14.0. The molecule has 0 N–H and O–H groups in total. The van der Waals surface area contributed by atoms with Crippen molar-refractivity contribution in [3.8, 4) is 0 Å². The minimum atomic E-state index is 0.113. The fourth-order valence-corrected chi connectivity index (χ4v) is 3.56. The molecule has 1 aromatic heterocycles. The summed E-state index contributed by atoms with van der Waals surface area (Å²) in [5.74, 6) is 1.15. The van der Waals surface area contributed by atoms with E-state index in [4.69, 9.17) is 4.98 Å². The van der Waals surface area contributed by atoms with Crippen LogP contribution in [0.1, 0.15) is 43.3 Å². The first-order valence-corrected chi connectivity index (χ1v) is 8.47. The molecular weight excluding hydrogens is 270 g/mol. The summed E-state index contributed by atoms with van der Waals surface area (Å²) in [7, 11) is 0. The zero-order valence-electron chi connectivity index (χ0n) is 12.3. The smallest absolute Gasteiger partial charge is 0.225 e. The Morgan fingerprint density at radius 2 is 2.05 bits per heavy atom. The highest BCUT2D eigenvalue weighted by Gasteiger charge is 2.27. The van der Waals surface area contributed by atoms with Gasteiger partial charge in [0.2, 0.25) is 5.91 Å². The maximum atomic E-state index is 11.9. The Hall–Kier alpha value is -0.940. The van der Waals surface area contributed by atoms with Crippen LogP contribution >= 0.6 is 11.3 Å². The zero-order chi connectivity index (χ0) is 14.1. The molecule has 2 fully saturated rings. The Morgan fingerprint density at radius 1 is 1.35 bits per heavy atom. The number of nitrogens with zero attached hydrogens (tertiary/aromatic N) is 3. The van der Waals surface area contributed by atoms with Gasteiger partial charge in [0, 0.05) is 43.4 Å². The third-order valence-corrected chi connectivity index (χ3v) is 4.95. The van der Waals surface area contributed by atoms with E-state index in [9.17, 15) is 4.79 Å². The number of hydrogen-bond donors (Lipinski definition) is 0. The van der Waals surface area contributed by atoms with Crippen molar-refractivity contribution in [2.45, 2.75) is 39.2 Å². The molecule has 0 aromatic carbocycles. The van der Waals surface area contributed by atoms with Gasteiger partial charge in [-0.3, -0.25) is 9.69 Å². The predicted octanol–water partition coefficient (Wildman–Crippen LogP) is 2.32. The van der Waals surface area contributed by atoms with E-state index >= 15 is 0 Å². The second-order valence-electron chi connectivity index (χ2n) is 6.20. The highest BCUT2D eigenvalue weighted by Crippen LogP contribution is 2.40. The average molecular weight is 293 g/mol. The largest absolute Gasteiger partial charge is 0.340 e. The van der Waals surface area contributed by atoms with E-state index in [1.165, 1.54) is 23.5 Å². The van der Waals surface area contributed by atoms with Gasteiger partial charge in [0.25, 0.3) is 0 Å². The molecule has 1 amide bonds. The lowest BCUT2D eigenvalue weighted by Crippen LogP contribution is -2.49. The van der Waals surface area contributed by atoms with E-state index < -0.39 is 0 Å². The van der Waals surface area contributed by atoms with Crippen molar-refractivity contribution in [2.75, 3.05) is 26.2 Å². The molecule has 0 atom stereocenters. The molecule has 1 aromatic rings. The molecule has 0 bridgehead atoms. The first-order valence-electron chi connectivity index (χ1n) is 7.59. The molecule has 5 heteroatoms. The van der Waals surface area contributed by atoms with Gasteiger partial charge in [-0.05, 0) is 12.8 Å². The number of carbonyl (C=O) groups excluding carboxylic acids is 1. The Labute approximate surface area is 124 Å². The van der Waals surface area contributed by atoms with Gasteiger partial charge in [-0.1, -0.05) is 13.8 Å². The lowest BCUT2D eigenvalue weighted by atomic mass is 10.1. The minimum absolute atomic E-state index is 0.113. The lowest BCUT2D eigenvalue weighted by molar-refractivity contribution is -0.136. The Bertz CT molecular complexity index is 473. The summed E-state index contributed by atoms with van der Waals surface area (Å²) in [6, 6.07) is 0. The van der Waals surface area contributed by atoms with Crippen molar-refractivity contribution >= 4 is 17.2 Å². The molecule has 20 heavy (non-hydrogen) atoms. The Balaban J connectivity index is 1.49. The monoisotopic (exact) mass is 293 g/mol. The highest BCUT2D eigenvalue weighted by atomic mass is 32.1. The van der Waals surface area contributed by atoms with Crippen LogP contribution in [0.3, 0.4) is 0 Å². The van der Waals surface area contributed by atoms with Crippen molar-refractivity contribution in [1.82, 2.24) is 14.8 Å². The second kappa shape index (κ2) is 5.82. The van der Waals surface area contributed by atoms with Crippen LogP contribution in [0.25, 0.3) is 0 Å². The summed E-state index contributed by atoms with van der Waals surface area (Å²) in [6.45, 7) is 8.55. The summed E-state index contributed by atoms with van der Waals surface area (Å²) >= 11 is 1.79. The zero-order valence-corrected chi connectivity index (χ0v) is 13.2. The van der Waals surface area contributed by atoms with Crippen LogP contribution in [-0.4, -0.2) is 46.9 Å². The number of piperazine rings is 1. The summed E-state index contributed by atoms with van der Waals surface area (Å²) in [4.78, 5) is 21.1. The van der Waals surface area contributed by atoms with Crippen LogP contribution in [0.15, 0.2) is 5.38 Å². The summed E-state index contributed by atoms with van der Waals surface area (Å²) in [5, 5.41) is 3.46. The number of thiazole rings is 1. The van der Waals surface area contributed by atoms with Crippen molar-refractivity contribution in [3.05, 3.63) is 16.1 Å². The molecule has 4 nitrogen and oxygen atoms in total.